The van der Waals surface area contributed by atoms with E-state index in [9.17, 15) is 9.18 Å². The van der Waals surface area contributed by atoms with Crippen molar-refractivity contribution in [1.82, 2.24) is 9.47 Å². The molecule has 0 fully saturated rings. The van der Waals surface area contributed by atoms with Gasteiger partial charge in [0.25, 0.3) is 0 Å². The summed E-state index contributed by atoms with van der Waals surface area (Å²) in [6.45, 7) is 3.33. The quantitative estimate of drug-likeness (QED) is 0.709. The first-order chi connectivity index (χ1) is 12.9. The molecule has 0 unspecified atom stereocenters. The van der Waals surface area contributed by atoms with E-state index in [0.29, 0.717) is 16.4 Å². The van der Waals surface area contributed by atoms with Crippen LogP contribution in [0.2, 0.25) is 5.02 Å². The minimum atomic E-state index is -0.339. The summed E-state index contributed by atoms with van der Waals surface area (Å²) < 4.78 is 16.2. The molecule has 3 aromatic rings. The topological polar surface area (TPSA) is 37.3 Å². The fourth-order valence-corrected chi connectivity index (χ4v) is 4.07. The Morgan fingerprint density at radius 1 is 1.15 bits per heavy atom. The normalized spacial score (nSPS) is 14.8. The van der Waals surface area contributed by atoms with E-state index in [1.54, 1.807) is 6.07 Å². The van der Waals surface area contributed by atoms with Crippen LogP contribution in [-0.4, -0.2) is 35.5 Å². The molecular weight excluding hydrogens is 365 g/mol. The van der Waals surface area contributed by atoms with Crippen molar-refractivity contribution in [2.24, 2.45) is 0 Å². The largest absolute Gasteiger partial charge is 0.325 e. The van der Waals surface area contributed by atoms with Gasteiger partial charge in [0.15, 0.2) is 0 Å². The number of anilines is 1. The van der Waals surface area contributed by atoms with E-state index in [1.807, 2.05) is 18.2 Å². The van der Waals surface area contributed by atoms with Crippen LogP contribution < -0.4 is 5.32 Å². The fourth-order valence-electron chi connectivity index (χ4n) is 3.89. The summed E-state index contributed by atoms with van der Waals surface area (Å²) in [5, 5.41) is 4.60. The third-order valence-electron chi connectivity index (χ3n) is 5.13. The molecule has 0 aliphatic carbocycles. The Kier molecular flexibility index (Phi) is 4.66. The highest BCUT2D eigenvalue weighted by molar-refractivity contribution is 6.31. The number of halogens is 2. The molecule has 4 nitrogen and oxygen atoms in total. The molecule has 0 saturated heterocycles. The van der Waals surface area contributed by atoms with Crippen LogP contribution in [0.1, 0.15) is 18.2 Å². The van der Waals surface area contributed by atoms with E-state index < -0.39 is 0 Å². The lowest BCUT2D eigenvalue weighted by Crippen LogP contribution is -2.21. The number of carbonyl (C=O) groups excluding carboxylic acids is 1. The van der Waals surface area contributed by atoms with Crippen molar-refractivity contribution in [1.29, 1.82) is 0 Å². The van der Waals surface area contributed by atoms with Gasteiger partial charge in [-0.25, -0.2) is 4.39 Å². The smallest absolute Gasteiger partial charge is 0.221 e. The predicted molar refractivity (Wildman–Crippen MR) is 107 cm³/mol. The van der Waals surface area contributed by atoms with Crippen LogP contribution in [0.4, 0.5) is 10.1 Å². The van der Waals surface area contributed by atoms with Gasteiger partial charge in [-0.1, -0.05) is 11.6 Å². The maximum atomic E-state index is 14.2. The van der Waals surface area contributed by atoms with Crippen LogP contribution in [-0.2, 0) is 17.6 Å². The SMILES string of the molecule is CC(=O)Nc1ccc(F)cc1-n1c2c(c3cc(Cl)ccc31)CCN(C)CC2. The summed E-state index contributed by atoms with van der Waals surface area (Å²) in [5.74, 6) is -0.525. The fraction of sp³-hybridized carbons (Fsp3) is 0.286. The van der Waals surface area contributed by atoms with Crippen molar-refractivity contribution >= 4 is 34.1 Å². The molecule has 0 atom stereocenters. The molecule has 2 aromatic carbocycles. The van der Waals surface area contributed by atoms with E-state index >= 15 is 0 Å². The Morgan fingerprint density at radius 2 is 1.93 bits per heavy atom. The third kappa shape index (κ3) is 3.33. The van der Waals surface area contributed by atoms with Crippen molar-refractivity contribution in [2.45, 2.75) is 19.8 Å². The van der Waals surface area contributed by atoms with Crippen molar-refractivity contribution in [3.05, 3.63) is 58.5 Å². The van der Waals surface area contributed by atoms with E-state index in [2.05, 4.69) is 21.8 Å². The monoisotopic (exact) mass is 385 g/mol. The lowest BCUT2D eigenvalue weighted by atomic mass is 10.1. The van der Waals surface area contributed by atoms with Crippen LogP contribution in [0.3, 0.4) is 0 Å². The second kappa shape index (κ2) is 6.98. The molecule has 1 aromatic heterocycles. The molecule has 0 spiro atoms. The highest BCUT2D eigenvalue weighted by atomic mass is 35.5. The summed E-state index contributed by atoms with van der Waals surface area (Å²) in [6, 6.07) is 10.3. The standard InChI is InChI=1S/C21H21ClFN3O/c1-13(27)24-18-5-4-15(23)12-21(18)26-19-6-3-14(22)11-17(19)16-7-9-25(2)10-8-20(16)26/h3-6,11-12H,7-10H2,1-2H3,(H,24,27). The summed E-state index contributed by atoms with van der Waals surface area (Å²) in [6.07, 6.45) is 1.74. The third-order valence-corrected chi connectivity index (χ3v) is 5.36. The molecular formula is C21H21ClFN3O. The van der Waals surface area contributed by atoms with Gasteiger partial charge >= 0.3 is 0 Å². The molecule has 4 rings (SSSR count). The molecule has 140 valence electrons. The molecule has 1 amide bonds. The number of carbonyl (C=O) groups is 1. The Morgan fingerprint density at radius 3 is 2.70 bits per heavy atom. The number of rotatable bonds is 2. The first-order valence-electron chi connectivity index (χ1n) is 9.02. The van der Waals surface area contributed by atoms with Crippen LogP contribution in [0.15, 0.2) is 36.4 Å². The number of hydrogen-bond donors (Lipinski definition) is 1. The Bertz CT molecular complexity index is 1040. The zero-order chi connectivity index (χ0) is 19.1. The second-order valence-electron chi connectivity index (χ2n) is 7.07. The van der Waals surface area contributed by atoms with Gasteiger partial charge in [-0.05, 0) is 55.4 Å². The van der Waals surface area contributed by atoms with E-state index in [4.69, 9.17) is 11.6 Å². The minimum absolute atomic E-state index is 0.187. The molecule has 0 saturated carbocycles. The number of hydrogen-bond acceptors (Lipinski definition) is 2. The number of nitrogens with zero attached hydrogens (tertiary/aromatic N) is 2. The van der Waals surface area contributed by atoms with Gasteiger partial charge in [-0.3, -0.25) is 4.79 Å². The van der Waals surface area contributed by atoms with Crippen LogP contribution in [0.5, 0.6) is 0 Å². The first kappa shape index (κ1) is 18.0. The zero-order valence-corrected chi connectivity index (χ0v) is 16.1. The number of benzene rings is 2. The Labute approximate surface area is 162 Å². The Balaban J connectivity index is 2.03. The molecule has 1 aliphatic heterocycles. The number of likely N-dealkylation sites (N-methyl/N-ethyl adjacent to an activating group) is 1. The first-order valence-corrected chi connectivity index (χ1v) is 9.39. The van der Waals surface area contributed by atoms with Crippen molar-refractivity contribution in [2.75, 3.05) is 25.5 Å². The maximum absolute atomic E-state index is 14.2. The summed E-state index contributed by atoms with van der Waals surface area (Å²) in [7, 11) is 2.11. The molecule has 0 bridgehead atoms. The molecule has 1 N–H and O–H groups in total. The van der Waals surface area contributed by atoms with E-state index in [1.165, 1.54) is 24.6 Å². The van der Waals surface area contributed by atoms with Crippen molar-refractivity contribution in [3.8, 4) is 5.69 Å². The van der Waals surface area contributed by atoms with Gasteiger partial charge in [0.1, 0.15) is 5.82 Å². The number of nitrogens with one attached hydrogen (secondary N) is 1. The van der Waals surface area contributed by atoms with Gasteiger partial charge < -0.3 is 14.8 Å². The van der Waals surface area contributed by atoms with Gasteiger partial charge in [0.05, 0.1) is 16.9 Å². The van der Waals surface area contributed by atoms with Gasteiger partial charge in [-0.15, -0.1) is 0 Å². The highest BCUT2D eigenvalue weighted by Gasteiger charge is 2.23. The predicted octanol–water partition coefficient (Wildman–Crippen LogP) is 4.41. The van der Waals surface area contributed by atoms with Crippen molar-refractivity contribution < 1.29 is 9.18 Å². The molecule has 0 radical (unpaired) electrons. The van der Waals surface area contributed by atoms with Crippen LogP contribution >= 0.6 is 11.6 Å². The summed E-state index contributed by atoms with van der Waals surface area (Å²) >= 11 is 6.27. The van der Waals surface area contributed by atoms with Gasteiger partial charge in [0.2, 0.25) is 5.91 Å². The van der Waals surface area contributed by atoms with Gasteiger partial charge in [-0.2, -0.15) is 0 Å². The number of fused-ring (bicyclic) bond motifs is 3. The summed E-state index contributed by atoms with van der Waals surface area (Å²) in [4.78, 5) is 14.0. The minimum Gasteiger partial charge on any atom is -0.325 e. The second-order valence-corrected chi connectivity index (χ2v) is 7.50. The van der Waals surface area contributed by atoms with Crippen LogP contribution in [0, 0.1) is 5.82 Å². The molecule has 2 heterocycles. The maximum Gasteiger partial charge on any atom is 0.221 e. The number of amides is 1. The van der Waals surface area contributed by atoms with E-state index in [-0.39, 0.29) is 11.7 Å². The highest BCUT2D eigenvalue weighted by Crippen LogP contribution is 2.36. The summed E-state index contributed by atoms with van der Waals surface area (Å²) in [5.41, 5.74) is 4.61. The average molecular weight is 386 g/mol. The number of aromatic nitrogens is 1. The van der Waals surface area contributed by atoms with E-state index in [0.717, 1.165) is 42.5 Å². The molecule has 6 heteroatoms. The average Bonchev–Trinajstić information content (AvgIpc) is 2.78. The Hall–Kier alpha value is -2.37. The van der Waals surface area contributed by atoms with Crippen LogP contribution in [0.25, 0.3) is 16.6 Å². The zero-order valence-electron chi connectivity index (χ0n) is 15.4. The molecule has 1 aliphatic rings. The van der Waals surface area contributed by atoms with Crippen molar-refractivity contribution in [3.63, 3.8) is 0 Å². The lowest BCUT2D eigenvalue weighted by molar-refractivity contribution is -0.114. The molecule has 27 heavy (non-hydrogen) atoms. The lowest BCUT2D eigenvalue weighted by Gasteiger charge is -2.17. The van der Waals surface area contributed by atoms with Gasteiger partial charge in [0, 0.05) is 42.5 Å².